The molecule has 1 aromatic heterocycles. The third-order valence-electron chi connectivity index (χ3n) is 6.62. The third-order valence-corrected chi connectivity index (χ3v) is 8.53. The zero-order chi connectivity index (χ0) is 24.7. The lowest BCUT2D eigenvalue weighted by Gasteiger charge is -2.28. The maximum Gasteiger partial charge on any atom is 0.243 e. The van der Waals surface area contributed by atoms with E-state index in [2.05, 4.69) is 4.98 Å². The van der Waals surface area contributed by atoms with Crippen molar-refractivity contribution in [3.63, 3.8) is 0 Å². The predicted octanol–water partition coefficient (Wildman–Crippen LogP) is 4.83. The zero-order valence-corrected chi connectivity index (χ0v) is 21.0. The summed E-state index contributed by atoms with van der Waals surface area (Å²) in [5.41, 5.74) is 2.76. The number of nitrogens with zero attached hydrogens (tertiary/aromatic N) is 3. The smallest absolute Gasteiger partial charge is 0.243 e. The Morgan fingerprint density at radius 2 is 1.57 bits per heavy atom. The highest BCUT2D eigenvalue weighted by Gasteiger charge is 2.26. The lowest BCUT2D eigenvalue weighted by molar-refractivity contribution is -0.131. The van der Waals surface area contributed by atoms with Crippen LogP contribution in [0, 0.1) is 0 Å². The maximum atomic E-state index is 13.2. The maximum absolute atomic E-state index is 13.2. The van der Waals surface area contributed by atoms with E-state index in [1.807, 2.05) is 67.7 Å². The van der Waals surface area contributed by atoms with Crippen molar-refractivity contribution in [2.75, 3.05) is 20.1 Å². The number of hydrogen-bond donors (Lipinski definition) is 0. The summed E-state index contributed by atoms with van der Waals surface area (Å²) in [6.45, 7) is 1.17. The van der Waals surface area contributed by atoms with Gasteiger partial charge in [0.1, 0.15) is 0 Å². The molecule has 1 saturated heterocycles. The number of carbonyl (C=O) groups is 1. The number of pyridine rings is 1. The first-order chi connectivity index (χ1) is 17.0. The second kappa shape index (κ2) is 11.6. The summed E-state index contributed by atoms with van der Waals surface area (Å²) in [7, 11) is -1.66. The van der Waals surface area contributed by atoms with Crippen molar-refractivity contribution in [2.24, 2.45) is 0 Å². The highest BCUT2D eigenvalue weighted by molar-refractivity contribution is 7.89. The molecular weight excluding hydrogens is 458 g/mol. The van der Waals surface area contributed by atoms with Crippen LogP contribution in [0.4, 0.5) is 0 Å². The quantitative estimate of drug-likeness (QED) is 0.453. The summed E-state index contributed by atoms with van der Waals surface area (Å²) in [6, 6.07) is 22.3. The highest BCUT2D eigenvalue weighted by atomic mass is 32.2. The summed E-state index contributed by atoms with van der Waals surface area (Å²) in [4.78, 5) is 19.7. The molecule has 0 bridgehead atoms. The van der Waals surface area contributed by atoms with Crippen LogP contribution in [-0.4, -0.2) is 48.7 Å². The van der Waals surface area contributed by atoms with Gasteiger partial charge >= 0.3 is 0 Å². The van der Waals surface area contributed by atoms with Crippen molar-refractivity contribution in [3.05, 3.63) is 95.8 Å². The van der Waals surface area contributed by atoms with Gasteiger partial charge in [-0.25, -0.2) is 8.42 Å². The molecule has 6 nitrogen and oxygen atoms in total. The first-order valence-corrected chi connectivity index (χ1v) is 13.7. The summed E-state index contributed by atoms with van der Waals surface area (Å²) in [5.74, 6) is 0.00534. The van der Waals surface area contributed by atoms with E-state index >= 15 is 0 Å². The molecule has 2 aromatic carbocycles. The van der Waals surface area contributed by atoms with E-state index in [9.17, 15) is 13.2 Å². The minimum atomic E-state index is -3.47. The predicted molar refractivity (Wildman–Crippen MR) is 137 cm³/mol. The van der Waals surface area contributed by atoms with Crippen molar-refractivity contribution in [1.82, 2.24) is 14.2 Å². The van der Waals surface area contributed by atoms with Gasteiger partial charge in [-0.2, -0.15) is 4.31 Å². The normalized spacial score (nSPS) is 15.8. The number of sulfonamides is 1. The first-order valence-electron chi connectivity index (χ1n) is 12.3. The largest absolute Gasteiger partial charge is 0.333 e. The van der Waals surface area contributed by atoms with Crippen molar-refractivity contribution < 1.29 is 13.2 Å². The molecule has 7 heteroatoms. The zero-order valence-electron chi connectivity index (χ0n) is 20.2. The molecule has 0 spiro atoms. The Labute approximate surface area is 208 Å². The number of rotatable bonds is 8. The Kier molecular flexibility index (Phi) is 8.31. The van der Waals surface area contributed by atoms with Crippen molar-refractivity contribution >= 4 is 15.9 Å². The Morgan fingerprint density at radius 3 is 2.20 bits per heavy atom. The van der Waals surface area contributed by atoms with Gasteiger partial charge in [0.15, 0.2) is 0 Å². The fourth-order valence-corrected chi connectivity index (χ4v) is 6.11. The van der Waals surface area contributed by atoms with Crippen LogP contribution in [0.5, 0.6) is 0 Å². The molecule has 1 atom stereocenters. The van der Waals surface area contributed by atoms with E-state index in [-0.39, 0.29) is 11.9 Å². The molecule has 1 unspecified atom stereocenters. The van der Waals surface area contributed by atoms with Crippen LogP contribution in [0.25, 0.3) is 0 Å². The monoisotopic (exact) mass is 491 g/mol. The first kappa shape index (κ1) is 25.1. The summed E-state index contributed by atoms with van der Waals surface area (Å²) < 4.78 is 27.6. The van der Waals surface area contributed by atoms with Crippen LogP contribution < -0.4 is 0 Å². The molecule has 0 N–H and O–H groups in total. The van der Waals surface area contributed by atoms with E-state index in [0.29, 0.717) is 30.8 Å². The molecule has 1 aliphatic heterocycles. The number of hydrogen-bond acceptors (Lipinski definition) is 4. The van der Waals surface area contributed by atoms with Crippen LogP contribution in [0.3, 0.4) is 0 Å². The van der Waals surface area contributed by atoms with E-state index in [0.717, 1.165) is 42.5 Å². The fraction of sp³-hybridized carbons (Fsp3) is 0.357. The average molecular weight is 492 g/mol. The van der Waals surface area contributed by atoms with Gasteiger partial charge in [-0.3, -0.25) is 9.78 Å². The van der Waals surface area contributed by atoms with E-state index in [1.54, 1.807) is 27.5 Å². The number of carbonyl (C=O) groups excluding carboxylic acids is 1. The Balaban J connectivity index is 1.43. The Hall–Kier alpha value is -3.03. The third kappa shape index (κ3) is 6.16. The summed E-state index contributed by atoms with van der Waals surface area (Å²) in [6.07, 6.45) is 6.59. The van der Waals surface area contributed by atoms with Gasteiger partial charge < -0.3 is 4.90 Å². The molecular formula is C28H33N3O3S. The second-order valence-corrected chi connectivity index (χ2v) is 11.0. The minimum Gasteiger partial charge on any atom is -0.333 e. The molecule has 2 heterocycles. The topological polar surface area (TPSA) is 70.6 Å². The fourth-order valence-electron chi connectivity index (χ4n) is 4.60. The molecule has 0 saturated carbocycles. The van der Waals surface area contributed by atoms with Gasteiger partial charge in [0, 0.05) is 32.8 Å². The Bertz CT molecular complexity index is 1150. The Morgan fingerprint density at radius 1 is 0.914 bits per heavy atom. The standard InChI is InChI=1S/C28H33N3O3S/c1-30(28(24-11-5-4-6-12-24)26-13-7-8-20-29-26)27(32)19-16-23-14-17-25(18-15-23)35(33,34)31-21-9-2-3-10-22-31/h4-8,11-15,17-18,20,28H,2-3,9-10,16,19,21-22H2,1H3. The molecule has 0 radical (unpaired) electrons. The van der Waals surface area contributed by atoms with Crippen LogP contribution in [-0.2, 0) is 21.2 Å². The molecule has 1 aliphatic rings. The van der Waals surface area contributed by atoms with Crippen LogP contribution in [0.2, 0.25) is 0 Å². The van der Waals surface area contributed by atoms with Gasteiger partial charge in [0.2, 0.25) is 15.9 Å². The van der Waals surface area contributed by atoms with Crippen molar-refractivity contribution in [1.29, 1.82) is 0 Å². The van der Waals surface area contributed by atoms with E-state index in [4.69, 9.17) is 0 Å². The minimum absolute atomic E-state index is 0.00534. The number of aromatic nitrogens is 1. The molecule has 3 aromatic rings. The van der Waals surface area contributed by atoms with Gasteiger partial charge in [-0.05, 0) is 54.7 Å². The van der Waals surface area contributed by atoms with Crippen molar-refractivity contribution in [2.45, 2.75) is 49.5 Å². The molecule has 4 rings (SSSR count). The van der Waals surface area contributed by atoms with Gasteiger partial charge in [0.05, 0.1) is 16.6 Å². The second-order valence-electron chi connectivity index (χ2n) is 9.03. The van der Waals surface area contributed by atoms with Crippen molar-refractivity contribution in [3.8, 4) is 0 Å². The van der Waals surface area contributed by atoms with E-state index in [1.165, 1.54) is 0 Å². The summed E-state index contributed by atoms with van der Waals surface area (Å²) >= 11 is 0. The number of amides is 1. The van der Waals surface area contributed by atoms with Gasteiger partial charge in [0.25, 0.3) is 0 Å². The van der Waals surface area contributed by atoms with Crippen LogP contribution in [0.15, 0.2) is 83.9 Å². The molecule has 184 valence electrons. The molecule has 1 amide bonds. The van der Waals surface area contributed by atoms with E-state index < -0.39 is 10.0 Å². The lowest BCUT2D eigenvalue weighted by atomic mass is 10.0. The van der Waals surface area contributed by atoms with Gasteiger partial charge in [-0.15, -0.1) is 0 Å². The van der Waals surface area contributed by atoms with Crippen LogP contribution in [0.1, 0.15) is 55.0 Å². The average Bonchev–Trinajstić information content (AvgIpc) is 3.19. The highest BCUT2D eigenvalue weighted by Crippen LogP contribution is 2.27. The SMILES string of the molecule is CN(C(=O)CCc1ccc(S(=O)(=O)N2CCCCCC2)cc1)C(c1ccccc1)c1ccccn1. The van der Waals surface area contributed by atoms with Crippen LogP contribution >= 0.6 is 0 Å². The number of aryl methyl sites for hydroxylation is 1. The lowest BCUT2D eigenvalue weighted by Crippen LogP contribution is -2.32. The molecule has 1 fully saturated rings. The summed E-state index contributed by atoms with van der Waals surface area (Å²) in [5, 5.41) is 0. The number of benzene rings is 2. The molecule has 0 aliphatic carbocycles. The molecule has 35 heavy (non-hydrogen) atoms. The van der Waals surface area contributed by atoms with Gasteiger partial charge in [-0.1, -0.05) is 61.4 Å².